The van der Waals surface area contributed by atoms with E-state index >= 15 is 0 Å². The summed E-state index contributed by atoms with van der Waals surface area (Å²) in [5.74, 6) is -0.798. The van der Waals surface area contributed by atoms with Crippen molar-refractivity contribution in [3.8, 4) is 0 Å². The van der Waals surface area contributed by atoms with Crippen molar-refractivity contribution in [1.82, 2.24) is 0 Å². The van der Waals surface area contributed by atoms with E-state index in [4.69, 9.17) is 5.11 Å². The van der Waals surface area contributed by atoms with Gasteiger partial charge in [0.1, 0.15) is 12.4 Å². The number of carbonyl (C=O) groups is 2. The Morgan fingerprint density at radius 3 is 2.29 bits per heavy atom. The quantitative estimate of drug-likeness (QED) is 0.743. The summed E-state index contributed by atoms with van der Waals surface area (Å²) in [6, 6.07) is 0. The Bertz CT molecular complexity index is 242. The van der Waals surface area contributed by atoms with Gasteiger partial charge in [-0.3, -0.25) is 9.59 Å². The van der Waals surface area contributed by atoms with Crippen molar-refractivity contribution in [3.05, 3.63) is 0 Å². The molecule has 0 bridgehead atoms. The van der Waals surface area contributed by atoms with Crippen LogP contribution in [-0.4, -0.2) is 28.9 Å². The van der Waals surface area contributed by atoms with Gasteiger partial charge in [-0.25, -0.2) is 4.39 Å². The van der Waals surface area contributed by atoms with Crippen LogP contribution in [-0.2, 0) is 9.59 Å². The van der Waals surface area contributed by atoms with E-state index in [1.807, 2.05) is 0 Å². The Morgan fingerprint density at radius 2 is 1.93 bits per heavy atom. The Morgan fingerprint density at radius 1 is 1.43 bits per heavy atom. The molecular weight excluding hydrogens is 187 g/mol. The first-order valence-electron chi connectivity index (χ1n) is 4.83. The minimum Gasteiger partial charge on any atom is -0.388 e. The number of hydrogen-bond donors (Lipinski definition) is 1. The van der Waals surface area contributed by atoms with Crippen LogP contribution in [0.4, 0.5) is 4.39 Å². The molecule has 0 amide bonds. The van der Waals surface area contributed by atoms with E-state index < -0.39 is 18.1 Å². The van der Waals surface area contributed by atoms with E-state index in [0.29, 0.717) is 12.8 Å². The highest BCUT2D eigenvalue weighted by Gasteiger charge is 2.42. The van der Waals surface area contributed by atoms with Crippen LogP contribution >= 0.6 is 0 Å². The molecule has 1 aliphatic carbocycles. The van der Waals surface area contributed by atoms with Crippen LogP contribution < -0.4 is 0 Å². The maximum atomic E-state index is 13.8. The van der Waals surface area contributed by atoms with Crippen LogP contribution in [0.15, 0.2) is 0 Å². The molecule has 0 aromatic rings. The normalized spacial score (nSPS) is 32.6. The van der Waals surface area contributed by atoms with Gasteiger partial charge in [0.2, 0.25) is 0 Å². The lowest BCUT2D eigenvalue weighted by Gasteiger charge is -2.31. The van der Waals surface area contributed by atoms with E-state index in [1.165, 1.54) is 6.92 Å². The van der Waals surface area contributed by atoms with Crippen molar-refractivity contribution in [2.45, 2.75) is 38.3 Å². The summed E-state index contributed by atoms with van der Waals surface area (Å²) in [6.07, 6.45) is 0.961. The van der Waals surface area contributed by atoms with Crippen LogP contribution in [0.25, 0.3) is 0 Å². The average Bonchev–Trinajstić information content (AvgIpc) is 2.17. The molecule has 4 heteroatoms. The van der Waals surface area contributed by atoms with Gasteiger partial charge in [-0.2, -0.15) is 0 Å². The fourth-order valence-electron chi connectivity index (χ4n) is 1.90. The molecule has 0 spiro atoms. The third kappa shape index (κ3) is 2.18. The number of hydrogen-bond acceptors (Lipinski definition) is 3. The number of halogens is 1. The summed E-state index contributed by atoms with van der Waals surface area (Å²) in [5, 5.41) is 8.57. The predicted octanol–water partition coefficient (Wildman–Crippen LogP) is 1.04. The van der Waals surface area contributed by atoms with Crippen LogP contribution in [0.3, 0.4) is 0 Å². The molecular formula is C10H15FO3. The zero-order valence-corrected chi connectivity index (χ0v) is 8.25. The van der Waals surface area contributed by atoms with Crippen LogP contribution in [0.5, 0.6) is 0 Å². The first kappa shape index (κ1) is 11.3. The van der Waals surface area contributed by atoms with Gasteiger partial charge in [0.25, 0.3) is 0 Å². The van der Waals surface area contributed by atoms with Gasteiger partial charge < -0.3 is 5.11 Å². The number of Topliss-reactive ketones (excluding diaryl/α,β-unsaturated/α-hetero) is 2. The summed E-state index contributed by atoms with van der Waals surface area (Å²) >= 11 is 0. The summed E-state index contributed by atoms with van der Waals surface area (Å²) < 4.78 is 13.8. The summed E-state index contributed by atoms with van der Waals surface area (Å²) in [7, 11) is 0. The predicted molar refractivity (Wildman–Crippen MR) is 48.6 cm³/mol. The molecule has 1 rings (SSSR count). The Hall–Kier alpha value is -0.770. The highest BCUT2D eigenvalue weighted by molar-refractivity contribution is 5.88. The highest BCUT2D eigenvalue weighted by Crippen LogP contribution is 2.36. The third-order valence-corrected chi connectivity index (χ3v) is 3.00. The lowest BCUT2D eigenvalue weighted by Crippen LogP contribution is -2.40. The SMILES string of the molecule is CC(=O)[C@H]1CC[C@](F)(C(=O)CO)CC1. The molecule has 3 nitrogen and oxygen atoms in total. The zero-order chi connectivity index (χ0) is 10.8. The number of aliphatic hydroxyl groups is 1. The van der Waals surface area contributed by atoms with Crippen molar-refractivity contribution >= 4 is 11.6 Å². The molecule has 1 aliphatic rings. The molecule has 80 valence electrons. The minimum absolute atomic E-state index is 0.0588. The van der Waals surface area contributed by atoms with Gasteiger partial charge >= 0.3 is 0 Å². The van der Waals surface area contributed by atoms with E-state index in [-0.39, 0.29) is 24.5 Å². The largest absolute Gasteiger partial charge is 0.388 e. The minimum atomic E-state index is -1.89. The fourth-order valence-corrected chi connectivity index (χ4v) is 1.90. The van der Waals surface area contributed by atoms with E-state index in [0.717, 1.165) is 0 Å². The molecule has 14 heavy (non-hydrogen) atoms. The van der Waals surface area contributed by atoms with Gasteiger partial charge in [-0.15, -0.1) is 0 Å². The molecule has 0 aromatic carbocycles. The molecule has 0 aliphatic heterocycles. The molecule has 1 N–H and O–H groups in total. The number of carbonyl (C=O) groups excluding carboxylic acids is 2. The van der Waals surface area contributed by atoms with Gasteiger partial charge in [0.05, 0.1) is 0 Å². The maximum Gasteiger partial charge on any atom is 0.195 e. The summed E-state index contributed by atoms with van der Waals surface area (Å²) in [6.45, 7) is 0.741. The number of aliphatic hydroxyl groups excluding tert-OH is 1. The van der Waals surface area contributed by atoms with Gasteiger partial charge in [-0.1, -0.05) is 0 Å². The molecule has 0 radical (unpaired) electrons. The molecule has 0 atom stereocenters. The smallest absolute Gasteiger partial charge is 0.195 e. The lowest BCUT2D eigenvalue weighted by molar-refractivity contribution is -0.138. The molecule has 0 heterocycles. The molecule has 1 saturated carbocycles. The van der Waals surface area contributed by atoms with Crippen molar-refractivity contribution in [2.75, 3.05) is 6.61 Å². The second-order valence-electron chi connectivity index (χ2n) is 3.93. The van der Waals surface area contributed by atoms with E-state index in [2.05, 4.69) is 0 Å². The van der Waals surface area contributed by atoms with Crippen LogP contribution in [0, 0.1) is 5.92 Å². The lowest BCUT2D eigenvalue weighted by atomic mass is 9.76. The van der Waals surface area contributed by atoms with Gasteiger partial charge in [-0.05, 0) is 32.6 Å². The molecule has 1 fully saturated rings. The Kier molecular flexibility index (Phi) is 3.37. The van der Waals surface area contributed by atoms with Gasteiger partial charge in [0.15, 0.2) is 11.5 Å². The molecule has 0 unspecified atom stereocenters. The number of ketones is 2. The fraction of sp³-hybridized carbons (Fsp3) is 0.800. The first-order valence-corrected chi connectivity index (χ1v) is 4.83. The van der Waals surface area contributed by atoms with Crippen molar-refractivity contribution in [3.63, 3.8) is 0 Å². The maximum absolute atomic E-state index is 13.8. The third-order valence-electron chi connectivity index (χ3n) is 3.00. The number of alkyl halides is 1. The summed E-state index contributed by atoms with van der Waals surface area (Å²) in [5.41, 5.74) is -1.89. The van der Waals surface area contributed by atoms with Gasteiger partial charge in [0, 0.05) is 5.92 Å². The Labute approximate surface area is 82.3 Å². The van der Waals surface area contributed by atoms with Crippen molar-refractivity contribution in [1.29, 1.82) is 0 Å². The second kappa shape index (κ2) is 4.17. The zero-order valence-electron chi connectivity index (χ0n) is 8.25. The highest BCUT2D eigenvalue weighted by atomic mass is 19.1. The molecule has 0 saturated heterocycles. The van der Waals surface area contributed by atoms with Crippen LogP contribution in [0.2, 0.25) is 0 Å². The average molecular weight is 202 g/mol. The van der Waals surface area contributed by atoms with Crippen LogP contribution in [0.1, 0.15) is 32.6 Å². The number of rotatable bonds is 3. The first-order chi connectivity index (χ1) is 6.49. The second-order valence-corrected chi connectivity index (χ2v) is 3.93. The Balaban J connectivity index is 2.57. The topological polar surface area (TPSA) is 54.4 Å². The van der Waals surface area contributed by atoms with E-state index in [9.17, 15) is 14.0 Å². The van der Waals surface area contributed by atoms with E-state index in [1.54, 1.807) is 0 Å². The van der Waals surface area contributed by atoms with Crippen molar-refractivity contribution < 1.29 is 19.1 Å². The van der Waals surface area contributed by atoms with Crippen molar-refractivity contribution in [2.24, 2.45) is 5.92 Å². The standard InChI is InChI=1S/C10H15FO3/c1-7(13)8-2-4-10(11,5-3-8)9(14)6-12/h8,12H,2-6H2,1H3/t8-,10+. The monoisotopic (exact) mass is 202 g/mol. The summed E-state index contributed by atoms with van der Waals surface area (Å²) in [4.78, 5) is 22.0. The molecule has 0 aromatic heterocycles.